The molecule has 5 nitrogen and oxygen atoms in total. The van der Waals surface area contributed by atoms with Gasteiger partial charge in [-0.15, -0.1) is 0 Å². The molecule has 1 unspecified atom stereocenters. The number of carboxylic acid groups (broad SMARTS) is 1. The van der Waals surface area contributed by atoms with E-state index < -0.39 is 22.0 Å². The molecular weight excluding hydrogens is 302 g/mol. The number of benzene rings is 2. The third-order valence-electron chi connectivity index (χ3n) is 3.32. The van der Waals surface area contributed by atoms with Gasteiger partial charge in [-0.3, -0.25) is 4.79 Å². The van der Waals surface area contributed by atoms with E-state index in [1.54, 1.807) is 42.5 Å². The summed E-state index contributed by atoms with van der Waals surface area (Å²) in [7, 11) is -3.89. The van der Waals surface area contributed by atoms with Crippen LogP contribution in [0.5, 0.6) is 0 Å². The number of carboxylic acids is 1. The van der Waals surface area contributed by atoms with E-state index in [1.165, 1.54) is 19.1 Å². The molecule has 116 valence electrons. The number of hydrogen-bond donors (Lipinski definition) is 1. The van der Waals surface area contributed by atoms with Crippen LogP contribution in [0.4, 0.5) is 0 Å². The van der Waals surface area contributed by atoms with E-state index in [2.05, 4.69) is 0 Å². The Morgan fingerprint density at radius 3 is 2.05 bits per heavy atom. The van der Waals surface area contributed by atoms with E-state index >= 15 is 0 Å². The highest BCUT2D eigenvalue weighted by Crippen LogP contribution is 2.21. The molecule has 2 aromatic carbocycles. The lowest BCUT2D eigenvalue weighted by Crippen LogP contribution is -2.42. The number of rotatable bonds is 6. The molecule has 0 fully saturated rings. The van der Waals surface area contributed by atoms with Crippen molar-refractivity contribution in [1.29, 1.82) is 0 Å². The average Bonchev–Trinajstić information content (AvgIpc) is 2.53. The zero-order valence-electron chi connectivity index (χ0n) is 12.1. The van der Waals surface area contributed by atoms with Gasteiger partial charge in [0.15, 0.2) is 0 Å². The van der Waals surface area contributed by atoms with Gasteiger partial charge >= 0.3 is 5.97 Å². The summed E-state index contributed by atoms with van der Waals surface area (Å²) in [5.41, 5.74) is 0.732. The van der Waals surface area contributed by atoms with Gasteiger partial charge in [0.25, 0.3) is 0 Å². The number of nitrogens with zero attached hydrogens (tertiary/aromatic N) is 1. The van der Waals surface area contributed by atoms with Gasteiger partial charge in [-0.1, -0.05) is 48.5 Å². The van der Waals surface area contributed by atoms with Crippen molar-refractivity contribution in [3.05, 3.63) is 66.2 Å². The second-order valence-electron chi connectivity index (χ2n) is 4.86. The molecule has 0 saturated carbocycles. The summed E-state index contributed by atoms with van der Waals surface area (Å²) in [5.74, 6) is -1.18. The second-order valence-corrected chi connectivity index (χ2v) is 6.75. The first-order chi connectivity index (χ1) is 10.4. The topological polar surface area (TPSA) is 74.7 Å². The van der Waals surface area contributed by atoms with E-state index in [9.17, 15) is 18.3 Å². The molecular formula is C16H17NO4S. The Kier molecular flexibility index (Phi) is 4.95. The van der Waals surface area contributed by atoms with Gasteiger partial charge in [-0.2, -0.15) is 4.31 Å². The predicted molar refractivity (Wildman–Crippen MR) is 82.7 cm³/mol. The third kappa shape index (κ3) is 3.52. The van der Waals surface area contributed by atoms with Gasteiger partial charge in [-0.05, 0) is 24.6 Å². The standard InChI is InChI=1S/C16H17NO4S/c1-13(16(18)19)17(12-14-8-4-2-5-9-14)22(20,21)15-10-6-3-7-11-15/h2-11,13H,12H2,1H3,(H,18,19). The zero-order chi connectivity index (χ0) is 16.2. The monoisotopic (exact) mass is 319 g/mol. The molecule has 0 saturated heterocycles. The fourth-order valence-electron chi connectivity index (χ4n) is 2.04. The highest BCUT2D eigenvalue weighted by Gasteiger charge is 2.32. The Morgan fingerprint density at radius 2 is 1.55 bits per heavy atom. The van der Waals surface area contributed by atoms with Crippen LogP contribution in [-0.2, 0) is 21.4 Å². The molecule has 2 rings (SSSR count). The van der Waals surface area contributed by atoms with Crippen LogP contribution in [0, 0.1) is 0 Å². The fraction of sp³-hybridized carbons (Fsp3) is 0.188. The quantitative estimate of drug-likeness (QED) is 0.887. The maximum atomic E-state index is 12.7. The Morgan fingerprint density at radius 1 is 1.05 bits per heavy atom. The molecule has 0 aliphatic heterocycles. The summed E-state index contributed by atoms with van der Waals surface area (Å²) in [6.45, 7) is 1.37. The van der Waals surface area contributed by atoms with Crippen molar-refractivity contribution in [3.63, 3.8) is 0 Å². The van der Waals surface area contributed by atoms with E-state index in [1.807, 2.05) is 6.07 Å². The first-order valence-corrected chi connectivity index (χ1v) is 8.20. The summed E-state index contributed by atoms with van der Waals surface area (Å²) in [6.07, 6.45) is 0. The number of hydrogen-bond acceptors (Lipinski definition) is 3. The highest BCUT2D eigenvalue weighted by atomic mass is 32.2. The number of sulfonamides is 1. The molecule has 2 aromatic rings. The Balaban J connectivity index is 2.42. The molecule has 0 heterocycles. The van der Waals surface area contributed by atoms with Gasteiger partial charge in [0.2, 0.25) is 10.0 Å². The minimum Gasteiger partial charge on any atom is -0.480 e. The SMILES string of the molecule is CC(C(=O)O)N(Cc1ccccc1)S(=O)(=O)c1ccccc1. The lowest BCUT2D eigenvalue weighted by molar-refractivity contribution is -0.141. The van der Waals surface area contributed by atoms with E-state index in [-0.39, 0.29) is 11.4 Å². The van der Waals surface area contributed by atoms with E-state index in [0.29, 0.717) is 0 Å². The maximum absolute atomic E-state index is 12.7. The first-order valence-electron chi connectivity index (χ1n) is 6.76. The molecule has 0 aromatic heterocycles. The van der Waals surface area contributed by atoms with Crippen molar-refractivity contribution >= 4 is 16.0 Å². The summed E-state index contributed by atoms with van der Waals surface area (Å²) in [4.78, 5) is 11.4. The van der Waals surface area contributed by atoms with Crippen molar-refractivity contribution in [1.82, 2.24) is 4.31 Å². The van der Waals surface area contributed by atoms with Crippen LogP contribution in [0.1, 0.15) is 12.5 Å². The molecule has 0 spiro atoms. The van der Waals surface area contributed by atoms with Gasteiger partial charge in [0.1, 0.15) is 6.04 Å². The van der Waals surface area contributed by atoms with Crippen molar-refractivity contribution < 1.29 is 18.3 Å². The highest BCUT2D eigenvalue weighted by molar-refractivity contribution is 7.89. The molecule has 1 atom stereocenters. The van der Waals surface area contributed by atoms with Crippen LogP contribution >= 0.6 is 0 Å². The minimum atomic E-state index is -3.89. The number of aliphatic carboxylic acids is 1. The summed E-state index contributed by atoms with van der Waals surface area (Å²) in [6, 6.07) is 15.6. The van der Waals surface area contributed by atoms with Gasteiger partial charge < -0.3 is 5.11 Å². The fourth-order valence-corrected chi connectivity index (χ4v) is 3.64. The van der Waals surface area contributed by atoms with Crippen LogP contribution < -0.4 is 0 Å². The molecule has 0 aliphatic carbocycles. The Labute approximate surface area is 129 Å². The molecule has 1 N–H and O–H groups in total. The summed E-state index contributed by atoms with van der Waals surface area (Å²) < 4.78 is 26.5. The lowest BCUT2D eigenvalue weighted by atomic mass is 10.2. The van der Waals surface area contributed by atoms with Crippen molar-refractivity contribution in [3.8, 4) is 0 Å². The summed E-state index contributed by atoms with van der Waals surface area (Å²) >= 11 is 0. The first kappa shape index (κ1) is 16.2. The average molecular weight is 319 g/mol. The van der Waals surface area contributed by atoms with Crippen LogP contribution in [0.25, 0.3) is 0 Å². The zero-order valence-corrected chi connectivity index (χ0v) is 12.9. The van der Waals surface area contributed by atoms with Gasteiger partial charge in [0.05, 0.1) is 4.90 Å². The molecule has 0 amide bonds. The Bertz CT molecular complexity index is 729. The van der Waals surface area contributed by atoms with Gasteiger partial charge in [-0.25, -0.2) is 8.42 Å². The van der Waals surface area contributed by atoms with Crippen LogP contribution in [0.2, 0.25) is 0 Å². The largest absolute Gasteiger partial charge is 0.480 e. The molecule has 0 bridgehead atoms. The predicted octanol–water partition coefficient (Wildman–Crippen LogP) is 2.35. The van der Waals surface area contributed by atoms with Crippen LogP contribution in [0.3, 0.4) is 0 Å². The van der Waals surface area contributed by atoms with Crippen molar-refractivity contribution in [2.45, 2.75) is 24.4 Å². The summed E-state index contributed by atoms with van der Waals surface area (Å²) in [5, 5.41) is 9.23. The van der Waals surface area contributed by atoms with Gasteiger partial charge in [0, 0.05) is 6.54 Å². The second kappa shape index (κ2) is 6.72. The molecule has 0 aliphatic rings. The number of carbonyl (C=O) groups is 1. The van der Waals surface area contributed by atoms with Crippen molar-refractivity contribution in [2.24, 2.45) is 0 Å². The Hall–Kier alpha value is -2.18. The minimum absolute atomic E-state index is 0.00549. The van der Waals surface area contributed by atoms with Crippen LogP contribution in [-0.4, -0.2) is 29.8 Å². The third-order valence-corrected chi connectivity index (χ3v) is 5.25. The normalized spacial score (nSPS) is 13.0. The smallest absolute Gasteiger partial charge is 0.321 e. The molecule has 22 heavy (non-hydrogen) atoms. The molecule has 0 radical (unpaired) electrons. The van der Waals surface area contributed by atoms with E-state index in [4.69, 9.17) is 0 Å². The molecule has 6 heteroatoms. The maximum Gasteiger partial charge on any atom is 0.321 e. The van der Waals surface area contributed by atoms with Crippen molar-refractivity contribution in [2.75, 3.05) is 0 Å². The van der Waals surface area contributed by atoms with E-state index in [0.717, 1.165) is 9.87 Å². The lowest BCUT2D eigenvalue weighted by Gasteiger charge is -2.25. The van der Waals surface area contributed by atoms with Crippen LogP contribution in [0.15, 0.2) is 65.6 Å².